The quantitative estimate of drug-likeness (QED) is 0.520. The van der Waals surface area contributed by atoms with Crippen LogP contribution in [0, 0.1) is 5.92 Å². The summed E-state index contributed by atoms with van der Waals surface area (Å²) in [5, 5.41) is 6.09. The minimum atomic E-state index is -0.288. The normalized spacial score (nSPS) is 13.7. The van der Waals surface area contributed by atoms with Crippen LogP contribution in [0.2, 0.25) is 0 Å². The number of benzene rings is 3. The zero-order chi connectivity index (χ0) is 21.6. The molecule has 3 aromatic rings. The van der Waals surface area contributed by atoms with E-state index in [2.05, 4.69) is 5.32 Å². The molecule has 1 heterocycles. The monoisotopic (exact) mass is 403 g/mol. The Hall–Kier alpha value is -3.25. The number of carbonyl (C=O) groups is 3. The summed E-state index contributed by atoms with van der Waals surface area (Å²) in [7, 11) is 3.82. The van der Waals surface area contributed by atoms with Crippen molar-refractivity contribution in [1.82, 2.24) is 9.80 Å². The van der Waals surface area contributed by atoms with E-state index in [4.69, 9.17) is 0 Å². The van der Waals surface area contributed by atoms with Crippen molar-refractivity contribution in [3.8, 4) is 0 Å². The third-order valence-electron chi connectivity index (χ3n) is 5.48. The molecule has 154 valence electrons. The molecule has 0 fully saturated rings. The molecule has 6 heteroatoms. The molecule has 30 heavy (non-hydrogen) atoms. The maximum absolute atomic E-state index is 13.5. The van der Waals surface area contributed by atoms with Gasteiger partial charge >= 0.3 is 0 Å². The van der Waals surface area contributed by atoms with Gasteiger partial charge in [-0.3, -0.25) is 19.3 Å². The van der Waals surface area contributed by atoms with Crippen molar-refractivity contribution in [2.24, 2.45) is 5.92 Å². The van der Waals surface area contributed by atoms with Gasteiger partial charge in [0.1, 0.15) is 0 Å². The van der Waals surface area contributed by atoms with Crippen LogP contribution in [0.5, 0.6) is 0 Å². The molecule has 0 atom stereocenters. The number of likely N-dealkylation sites (N-methyl/N-ethyl adjacent to an activating group) is 1. The van der Waals surface area contributed by atoms with Crippen LogP contribution in [0.15, 0.2) is 42.5 Å². The molecule has 3 aromatic carbocycles. The molecule has 4 rings (SSSR count). The highest BCUT2D eigenvalue weighted by molar-refractivity contribution is 6.30. The number of rotatable bonds is 5. The predicted octanol–water partition coefficient (Wildman–Crippen LogP) is 3.75. The number of nitrogens with zero attached hydrogens (tertiary/aromatic N) is 2. The van der Waals surface area contributed by atoms with Gasteiger partial charge in [-0.1, -0.05) is 32.0 Å². The third-order valence-corrected chi connectivity index (χ3v) is 5.48. The first kappa shape index (κ1) is 20.0. The highest BCUT2D eigenvalue weighted by atomic mass is 16.2. The molecule has 0 aliphatic carbocycles. The van der Waals surface area contributed by atoms with Crippen LogP contribution in [-0.4, -0.2) is 54.7 Å². The molecule has 0 bridgehead atoms. The van der Waals surface area contributed by atoms with Crippen molar-refractivity contribution in [3.05, 3.63) is 53.6 Å². The summed E-state index contributed by atoms with van der Waals surface area (Å²) in [5.74, 6) is -0.784. The molecule has 6 nitrogen and oxygen atoms in total. The largest absolute Gasteiger partial charge is 0.326 e. The summed E-state index contributed by atoms with van der Waals surface area (Å²) in [4.78, 5) is 42.0. The number of nitrogens with one attached hydrogen (secondary N) is 1. The first-order valence-electron chi connectivity index (χ1n) is 10.1. The summed E-state index contributed by atoms with van der Waals surface area (Å²) >= 11 is 0. The van der Waals surface area contributed by atoms with Gasteiger partial charge in [-0.2, -0.15) is 0 Å². The zero-order valence-electron chi connectivity index (χ0n) is 17.7. The molecular weight excluding hydrogens is 378 g/mol. The molecule has 0 saturated heterocycles. The van der Waals surface area contributed by atoms with Crippen molar-refractivity contribution < 1.29 is 14.4 Å². The van der Waals surface area contributed by atoms with E-state index >= 15 is 0 Å². The summed E-state index contributed by atoms with van der Waals surface area (Å²) in [6.07, 6.45) is 0. The Kier molecular flexibility index (Phi) is 5.03. The first-order chi connectivity index (χ1) is 14.3. The van der Waals surface area contributed by atoms with E-state index in [1.165, 1.54) is 4.90 Å². The van der Waals surface area contributed by atoms with Crippen LogP contribution in [0.1, 0.15) is 34.6 Å². The predicted molar refractivity (Wildman–Crippen MR) is 119 cm³/mol. The second kappa shape index (κ2) is 7.54. The number of fused-ring (bicyclic) bond motifs is 2. The van der Waals surface area contributed by atoms with Crippen LogP contribution < -0.4 is 5.32 Å². The lowest BCUT2D eigenvalue weighted by molar-refractivity contribution is -0.118. The Morgan fingerprint density at radius 3 is 2.50 bits per heavy atom. The average molecular weight is 403 g/mol. The molecule has 0 saturated carbocycles. The van der Waals surface area contributed by atoms with Crippen LogP contribution in [0.25, 0.3) is 21.5 Å². The zero-order valence-corrected chi connectivity index (χ0v) is 17.7. The van der Waals surface area contributed by atoms with Crippen molar-refractivity contribution >= 4 is 45.0 Å². The Balaban J connectivity index is 1.93. The fourth-order valence-corrected chi connectivity index (χ4v) is 3.81. The third kappa shape index (κ3) is 3.33. The molecule has 3 amide bonds. The van der Waals surface area contributed by atoms with Crippen molar-refractivity contribution in [2.75, 3.05) is 32.5 Å². The SMILES string of the molecule is CC(C)C(=O)Nc1ccc2cc3cccc4c3c(c2c1)C(=O)N(CCN(C)C)C4=O. The second-order valence-electron chi connectivity index (χ2n) is 8.30. The van der Waals surface area contributed by atoms with Crippen molar-refractivity contribution in [3.63, 3.8) is 0 Å². The van der Waals surface area contributed by atoms with Gasteiger partial charge in [0.05, 0.1) is 5.56 Å². The van der Waals surface area contributed by atoms with Crippen molar-refractivity contribution in [1.29, 1.82) is 0 Å². The fraction of sp³-hybridized carbons (Fsp3) is 0.292. The van der Waals surface area contributed by atoms with Gasteiger partial charge in [-0.15, -0.1) is 0 Å². The summed E-state index contributed by atoms with van der Waals surface area (Å²) in [6, 6.07) is 13.1. The summed E-state index contributed by atoms with van der Waals surface area (Å²) in [5.41, 5.74) is 1.70. The molecule has 0 radical (unpaired) electrons. The Morgan fingerprint density at radius 1 is 1.03 bits per heavy atom. The standard InChI is InChI=1S/C24H25N3O3/c1-14(2)22(28)25-17-9-8-15-12-16-6-5-7-18-20(16)21(19(15)13-17)24(30)27(23(18)29)11-10-26(3)4/h5-9,12-14H,10-11H2,1-4H3,(H,25,28). The minimum absolute atomic E-state index is 0.0846. The van der Waals surface area contributed by atoms with E-state index in [0.29, 0.717) is 35.3 Å². The fourth-order valence-electron chi connectivity index (χ4n) is 3.81. The lowest BCUT2D eigenvalue weighted by atomic mass is 9.89. The molecule has 1 aliphatic rings. The van der Waals surface area contributed by atoms with E-state index in [9.17, 15) is 14.4 Å². The summed E-state index contributed by atoms with van der Waals surface area (Å²) in [6.45, 7) is 4.57. The molecule has 1 N–H and O–H groups in total. The lowest BCUT2D eigenvalue weighted by Crippen LogP contribution is -2.43. The molecule has 0 unspecified atom stereocenters. The van der Waals surface area contributed by atoms with E-state index < -0.39 is 0 Å². The minimum Gasteiger partial charge on any atom is -0.326 e. The Labute approximate surface area is 175 Å². The van der Waals surface area contributed by atoms with Gasteiger partial charge in [0.15, 0.2) is 0 Å². The number of amides is 3. The van der Waals surface area contributed by atoms with Gasteiger partial charge in [0.25, 0.3) is 11.8 Å². The number of imide groups is 1. The van der Waals surface area contributed by atoms with Gasteiger partial charge in [0, 0.05) is 35.6 Å². The van der Waals surface area contributed by atoms with Crippen LogP contribution in [0.3, 0.4) is 0 Å². The number of carbonyl (C=O) groups excluding carboxylic acids is 3. The van der Waals surface area contributed by atoms with Gasteiger partial charge in [0.2, 0.25) is 5.91 Å². The van der Waals surface area contributed by atoms with Gasteiger partial charge in [-0.05, 0) is 54.5 Å². The Morgan fingerprint density at radius 2 is 1.80 bits per heavy atom. The molecule has 1 aliphatic heterocycles. The van der Waals surface area contributed by atoms with E-state index in [-0.39, 0.29) is 23.6 Å². The smallest absolute Gasteiger partial charge is 0.262 e. The highest BCUT2D eigenvalue weighted by Crippen LogP contribution is 2.36. The topological polar surface area (TPSA) is 69.7 Å². The second-order valence-corrected chi connectivity index (χ2v) is 8.30. The van der Waals surface area contributed by atoms with E-state index in [1.807, 2.05) is 69.2 Å². The van der Waals surface area contributed by atoms with Gasteiger partial charge < -0.3 is 10.2 Å². The number of hydrogen-bond acceptors (Lipinski definition) is 4. The van der Waals surface area contributed by atoms with Crippen LogP contribution >= 0.6 is 0 Å². The lowest BCUT2D eigenvalue weighted by Gasteiger charge is -2.29. The van der Waals surface area contributed by atoms with Crippen LogP contribution in [0.4, 0.5) is 5.69 Å². The Bertz CT molecular complexity index is 1200. The summed E-state index contributed by atoms with van der Waals surface area (Å²) < 4.78 is 0. The van der Waals surface area contributed by atoms with E-state index in [1.54, 1.807) is 6.07 Å². The molecule has 0 spiro atoms. The first-order valence-corrected chi connectivity index (χ1v) is 10.1. The maximum atomic E-state index is 13.5. The van der Waals surface area contributed by atoms with Gasteiger partial charge in [-0.25, -0.2) is 0 Å². The molecular formula is C24H25N3O3. The van der Waals surface area contributed by atoms with Crippen LogP contribution in [-0.2, 0) is 4.79 Å². The molecule has 0 aromatic heterocycles. The highest BCUT2D eigenvalue weighted by Gasteiger charge is 2.34. The van der Waals surface area contributed by atoms with Crippen molar-refractivity contribution in [2.45, 2.75) is 13.8 Å². The van der Waals surface area contributed by atoms with E-state index in [0.717, 1.165) is 16.2 Å². The number of anilines is 1. The number of hydrogen-bond donors (Lipinski definition) is 1. The maximum Gasteiger partial charge on any atom is 0.262 e. The average Bonchev–Trinajstić information content (AvgIpc) is 2.70.